The number of benzene rings is 3. The zero-order valence-corrected chi connectivity index (χ0v) is 30.0. The summed E-state index contributed by atoms with van der Waals surface area (Å²) in [6, 6.07) is 26.4. The summed E-state index contributed by atoms with van der Waals surface area (Å²) in [5, 5.41) is 2.55. The largest absolute Gasteiger partial charge is 0.459 e. The van der Waals surface area contributed by atoms with E-state index in [9.17, 15) is 19.2 Å². The Labute approximate surface area is 311 Å². The first-order valence-electron chi connectivity index (χ1n) is 17.5. The number of imidazole rings is 1. The second-order valence-electron chi connectivity index (χ2n) is 12.4. The van der Waals surface area contributed by atoms with Crippen molar-refractivity contribution >= 4 is 52.4 Å². The molecule has 0 unspecified atom stereocenters. The van der Waals surface area contributed by atoms with Gasteiger partial charge in [-0.05, 0) is 42.8 Å². The molecule has 1 aliphatic rings. The van der Waals surface area contributed by atoms with E-state index in [1.54, 1.807) is 78.9 Å². The lowest BCUT2D eigenvalue weighted by Gasteiger charge is -2.24. The smallest absolute Gasteiger partial charge is 0.425 e. The molecule has 6 rings (SSSR count). The molecule has 1 fully saturated rings. The summed E-state index contributed by atoms with van der Waals surface area (Å²) < 4.78 is 31.5. The Balaban J connectivity index is 1.37. The lowest BCUT2D eigenvalue weighted by Crippen LogP contribution is -2.36. The van der Waals surface area contributed by atoms with Crippen molar-refractivity contribution < 1.29 is 42.9 Å². The maximum atomic E-state index is 14.0. The van der Waals surface area contributed by atoms with Crippen LogP contribution in [0.5, 0.6) is 5.88 Å². The highest BCUT2D eigenvalue weighted by atomic mass is 16.6. The van der Waals surface area contributed by atoms with Crippen molar-refractivity contribution in [2.75, 3.05) is 30.0 Å². The molecule has 3 heterocycles. The highest BCUT2D eigenvalue weighted by Gasteiger charge is 2.49. The van der Waals surface area contributed by atoms with Crippen LogP contribution in [0.3, 0.4) is 0 Å². The summed E-state index contributed by atoms with van der Waals surface area (Å²) in [7, 11) is 0. The van der Waals surface area contributed by atoms with Crippen molar-refractivity contribution in [2.45, 2.75) is 52.0 Å². The minimum atomic E-state index is -1.06. The fraction of sp³-hybridized carbons (Fsp3) is 0.308. The summed E-state index contributed by atoms with van der Waals surface area (Å²) in [5.74, 6) is -2.63. The highest BCUT2D eigenvalue weighted by molar-refractivity contribution is 5.98. The van der Waals surface area contributed by atoms with Gasteiger partial charge in [-0.3, -0.25) is 19.5 Å². The molecule has 54 heavy (non-hydrogen) atoms. The van der Waals surface area contributed by atoms with Gasteiger partial charge in [-0.25, -0.2) is 19.5 Å². The van der Waals surface area contributed by atoms with Crippen LogP contribution in [0.25, 0.3) is 11.2 Å². The summed E-state index contributed by atoms with van der Waals surface area (Å²) >= 11 is 0. The van der Waals surface area contributed by atoms with E-state index in [0.717, 1.165) is 12.8 Å². The maximum Gasteiger partial charge on any atom is 0.425 e. The van der Waals surface area contributed by atoms with Crippen LogP contribution in [0, 0.1) is 5.92 Å². The molecule has 0 spiro atoms. The molecule has 2 aromatic heterocycles. The van der Waals surface area contributed by atoms with Gasteiger partial charge in [0.25, 0.3) is 5.88 Å². The van der Waals surface area contributed by atoms with Gasteiger partial charge >= 0.3 is 18.0 Å². The van der Waals surface area contributed by atoms with E-state index in [-0.39, 0.29) is 36.2 Å². The monoisotopic (exact) mass is 736 g/mol. The SMILES string of the molecule is CCCCOC[C@H]1[C@@H](OC(C)=O)[C@H](n2cnc3c(OC(=O)N(c4ccccc4)c4ccccc4)nc(NC(C)=O)nc32)O[C@@H]1COC(=O)c1ccccc1. The number of esters is 2. The number of amides is 2. The zero-order valence-electron chi connectivity index (χ0n) is 30.0. The number of nitrogens with zero attached hydrogens (tertiary/aromatic N) is 5. The van der Waals surface area contributed by atoms with Crippen LogP contribution in [0.2, 0.25) is 0 Å². The fourth-order valence-electron chi connectivity index (χ4n) is 5.99. The normalized spacial score (nSPS) is 17.8. The summed E-state index contributed by atoms with van der Waals surface area (Å²) in [6.45, 7) is 5.00. The number of hydrogen-bond acceptors (Lipinski definition) is 12. The number of aromatic nitrogens is 4. The van der Waals surface area contributed by atoms with Gasteiger partial charge in [-0.2, -0.15) is 9.97 Å². The van der Waals surface area contributed by atoms with Crippen molar-refractivity contribution in [1.82, 2.24) is 19.5 Å². The van der Waals surface area contributed by atoms with Crippen LogP contribution < -0.4 is 15.0 Å². The van der Waals surface area contributed by atoms with Crippen LogP contribution in [0.15, 0.2) is 97.3 Å². The average molecular weight is 737 g/mol. The van der Waals surface area contributed by atoms with E-state index in [2.05, 4.69) is 20.3 Å². The van der Waals surface area contributed by atoms with Crippen molar-refractivity contribution in [1.29, 1.82) is 0 Å². The third-order valence-electron chi connectivity index (χ3n) is 8.48. The first-order valence-corrected chi connectivity index (χ1v) is 17.5. The van der Waals surface area contributed by atoms with Crippen LogP contribution in [0.1, 0.15) is 50.2 Å². The van der Waals surface area contributed by atoms with Crippen LogP contribution in [-0.2, 0) is 28.5 Å². The Bertz CT molecular complexity index is 2020. The van der Waals surface area contributed by atoms with Gasteiger partial charge in [0.1, 0.15) is 12.7 Å². The number of unbranched alkanes of at least 4 members (excludes halogenated alkanes) is 1. The van der Waals surface area contributed by atoms with Crippen LogP contribution in [-0.4, -0.2) is 75.5 Å². The van der Waals surface area contributed by atoms with E-state index in [1.807, 2.05) is 19.1 Å². The molecule has 3 aromatic carbocycles. The molecule has 1 N–H and O–H groups in total. The quantitative estimate of drug-likeness (QED) is 0.101. The third-order valence-corrected chi connectivity index (χ3v) is 8.48. The Kier molecular flexibility index (Phi) is 12.2. The Morgan fingerprint density at radius 3 is 2.13 bits per heavy atom. The molecular weight excluding hydrogens is 696 g/mol. The minimum absolute atomic E-state index is 0.0541. The number of carbonyl (C=O) groups excluding carboxylic acids is 4. The summed E-state index contributed by atoms with van der Waals surface area (Å²) in [5.41, 5.74) is 1.57. The molecule has 280 valence electrons. The number of anilines is 3. The Morgan fingerprint density at radius 1 is 0.870 bits per heavy atom. The van der Waals surface area contributed by atoms with E-state index in [4.69, 9.17) is 23.7 Å². The zero-order chi connectivity index (χ0) is 38.0. The predicted octanol–water partition coefficient (Wildman–Crippen LogP) is 6.24. The summed E-state index contributed by atoms with van der Waals surface area (Å²) in [4.78, 5) is 66.4. The average Bonchev–Trinajstić information content (AvgIpc) is 3.74. The number of carbonyl (C=O) groups is 4. The molecule has 15 nitrogen and oxygen atoms in total. The molecule has 0 radical (unpaired) electrons. The second-order valence-corrected chi connectivity index (χ2v) is 12.4. The van der Waals surface area contributed by atoms with Crippen molar-refractivity contribution in [2.24, 2.45) is 5.92 Å². The number of nitrogens with one attached hydrogen (secondary N) is 1. The van der Waals surface area contributed by atoms with Gasteiger partial charge < -0.3 is 23.7 Å². The Hall–Kier alpha value is -6.19. The lowest BCUT2D eigenvalue weighted by molar-refractivity contribution is -0.154. The van der Waals surface area contributed by atoms with E-state index >= 15 is 0 Å². The minimum Gasteiger partial charge on any atom is -0.459 e. The topological polar surface area (TPSA) is 173 Å². The van der Waals surface area contributed by atoms with Gasteiger partial charge in [0.15, 0.2) is 23.5 Å². The fourth-order valence-corrected chi connectivity index (χ4v) is 5.99. The number of fused-ring (bicyclic) bond motifs is 1. The number of ether oxygens (including phenoxy) is 5. The second kappa shape index (κ2) is 17.6. The molecule has 0 aliphatic carbocycles. The predicted molar refractivity (Wildman–Crippen MR) is 196 cm³/mol. The van der Waals surface area contributed by atoms with Gasteiger partial charge in [-0.15, -0.1) is 0 Å². The first-order chi connectivity index (χ1) is 26.2. The lowest BCUT2D eigenvalue weighted by atomic mass is 9.99. The molecular formula is C39H40N6O9. The van der Waals surface area contributed by atoms with E-state index in [0.29, 0.717) is 23.5 Å². The molecule has 2 amide bonds. The maximum absolute atomic E-state index is 14.0. The van der Waals surface area contributed by atoms with Crippen LogP contribution >= 0.6 is 0 Å². The summed E-state index contributed by atoms with van der Waals surface area (Å²) in [6.07, 6.45) is -0.513. The van der Waals surface area contributed by atoms with Gasteiger partial charge in [0, 0.05) is 20.5 Å². The standard InChI is InChI=1S/C39H40N6O9/c1-4-5-21-50-22-30-31(23-51-37(48)27-15-9-6-10-16-27)53-36(33(30)52-26(3)47)44-24-40-32-34(44)42-38(41-25(2)46)43-35(32)54-39(49)45(28-17-11-7-12-18-28)29-19-13-8-14-20-29/h6-20,24,30-31,33,36H,4-5,21-23H2,1-3H3,(H,41,42,43,46)/t30-,31-,33-,36-/m1/s1. The molecule has 5 aromatic rings. The molecule has 0 saturated carbocycles. The van der Waals surface area contributed by atoms with E-state index < -0.39 is 48.3 Å². The van der Waals surface area contributed by atoms with Crippen LogP contribution in [0.4, 0.5) is 22.1 Å². The van der Waals surface area contributed by atoms with Crippen molar-refractivity contribution in [3.8, 4) is 5.88 Å². The molecule has 0 bridgehead atoms. The molecule has 1 saturated heterocycles. The number of para-hydroxylation sites is 2. The highest BCUT2D eigenvalue weighted by Crippen LogP contribution is 2.39. The number of rotatable bonds is 14. The van der Waals surface area contributed by atoms with Gasteiger partial charge in [0.05, 0.1) is 35.8 Å². The van der Waals surface area contributed by atoms with Crippen molar-refractivity contribution in [3.05, 3.63) is 103 Å². The van der Waals surface area contributed by atoms with Crippen molar-refractivity contribution in [3.63, 3.8) is 0 Å². The molecule has 15 heteroatoms. The molecule has 4 atom stereocenters. The van der Waals surface area contributed by atoms with Gasteiger partial charge in [-0.1, -0.05) is 67.9 Å². The van der Waals surface area contributed by atoms with E-state index in [1.165, 1.54) is 29.6 Å². The molecule has 1 aliphatic heterocycles. The Morgan fingerprint density at radius 2 is 1.52 bits per heavy atom. The van der Waals surface area contributed by atoms with Gasteiger partial charge in [0.2, 0.25) is 11.9 Å². The third kappa shape index (κ3) is 8.87. The number of hydrogen-bond donors (Lipinski definition) is 1. The first kappa shape index (κ1) is 37.6.